The summed E-state index contributed by atoms with van der Waals surface area (Å²) in [6.45, 7) is 4.21. The highest BCUT2D eigenvalue weighted by molar-refractivity contribution is 5.83. The monoisotopic (exact) mass is 263 g/mol. The molecule has 1 amide bonds. The number of hydrogen-bond acceptors (Lipinski definition) is 3. The molecule has 0 unspecified atom stereocenters. The van der Waals surface area contributed by atoms with E-state index in [1.807, 2.05) is 44.2 Å². The summed E-state index contributed by atoms with van der Waals surface area (Å²) in [5, 5.41) is 9.12. The molecule has 102 valence electrons. The van der Waals surface area contributed by atoms with Crippen molar-refractivity contribution in [1.29, 1.82) is 0 Å². The number of amides is 1. The number of carboxylic acids is 1. The van der Waals surface area contributed by atoms with Crippen molar-refractivity contribution in [2.24, 2.45) is 5.41 Å². The Balaban J connectivity index is 1.93. The lowest BCUT2D eigenvalue weighted by molar-refractivity contribution is -0.158. The van der Waals surface area contributed by atoms with E-state index in [1.165, 1.54) is 4.90 Å². The van der Waals surface area contributed by atoms with Gasteiger partial charge in [-0.1, -0.05) is 44.2 Å². The van der Waals surface area contributed by atoms with Crippen LogP contribution in [0.4, 0.5) is 4.79 Å². The summed E-state index contributed by atoms with van der Waals surface area (Å²) in [6, 6.07) is 8.48. The van der Waals surface area contributed by atoms with E-state index in [0.717, 1.165) is 5.56 Å². The van der Waals surface area contributed by atoms with Crippen molar-refractivity contribution < 1.29 is 19.4 Å². The Morgan fingerprint density at radius 2 is 2.00 bits per heavy atom. The van der Waals surface area contributed by atoms with E-state index >= 15 is 0 Å². The lowest BCUT2D eigenvalue weighted by atomic mass is 9.75. The van der Waals surface area contributed by atoms with Crippen LogP contribution in [0.2, 0.25) is 0 Å². The van der Waals surface area contributed by atoms with Gasteiger partial charge in [0.25, 0.3) is 0 Å². The van der Waals surface area contributed by atoms with Gasteiger partial charge in [-0.25, -0.2) is 9.59 Å². The van der Waals surface area contributed by atoms with Gasteiger partial charge >= 0.3 is 12.1 Å². The fourth-order valence-electron chi connectivity index (χ4n) is 2.37. The standard InChI is InChI=1S/C14H17NO4/c1-14(2)9-15(11(14)12(16)17)13(18)19-8-10-6-4-3-5-7-10/h3-7,11H,8-9H2,1-2H3,(H,16,17)/t11-/m0/s1. The van der Waals surface area contributed by atoms with Gasteiger partial charge in [-0.05, 0) is 5.56 Å². The number of hydrogen-bond donors (Lipinski definition) is 1. The first-order valence-electron chi connectivity index (χ1n) is 6.12. The number of nitrogens with zero attached hydrogens (tertiary/aromatic N) is 1. The van der Waals surface area contributed by atoms with Crippen molar-refractivity contribution in [3.05, 3.63) is 35.9 Å². The number of carbonyl (C=O) groups is 2. The first-order valence-corrected chi connectivity index (χ1v) is 6.12. The average molecular weight is 263 g/mol. The van der Waals surface area contributed by atoms with Crippen LogP contribution in [-0.2, 0) is 16.1 Å². The largest absolute Gasteiger partial charge is 0.480 e. The Bertz CT molecular complexity index is 483. The predicted molar refractivity (Wildman–Crippen MR) is 68.5 cm³/mol. The lowest BCUT2D eigenvalue weighted by Gasteiger charge is -2.50. The maximum Gasteiger partial charge on any atom is 0.410 e. The molecule has 1 N–H and O–H groups in total. The molecule has 1 saturated heterocycles. The molecular weight excluding hydrogens is 246 g/mol. The van der Waals surface area contributed by atoms with Crippen LogP contribution in [0.3, 0.4) is 0 Å². The molecule has 1 aliphatic heterocycles. The number of carboxylic acid groups (broad SMARTS) is 1. The third kappa shape index (κ3) is 2.70. The van der Waals surface area contributed by atoms with Gasteiger partial charge in [0.1, 0.15) is 12.6 Å². The number of aliphatic carboxylic acids is 1. The van der Waals surface area contributed by atoms with E-state index in [4.69, 9.17) is 9.84 Å². The molecule has 1 atom stereocenters. The number of benzene rings is 1. The van der Waals surface area contributed by atoms with Gasteiger partial charge in [-0.3, -0.25) is 4.90 Å². The highest BCUT2D eigenvalue weighted by Gasteiger charge is 2.53. The molecule has 19 heavy (non-hydrogen) atoms. The maximum absolute atomic E-state index is 11.8. The SMILES string of the molecule is CC1(C)CN(C(=O)OCc2ccccc2)[C@H]1C(=O)O. The third-order valence-corrected chi connectivity index (χ3v) is 3.30. The molecule has 1 fully saturated rings. The molecular formula is C14H17NO4. The van der Waals surface area contributed by atoms with E-state index in [1.54, 1.807) is 0 Å². The van der Waals surface area contributed by atoms with Crippen LogP contribution >= 0.6 is 0 Å². The summed E-state index contributed by atoms with van der Waals surface area (Å²) >= 11 is 0. The topological polar surface area (TPSA) is 66.8 Å². The number of carbonyl (C=O) groups excluding carboxylic acids is 1. The van der Waals surface area contributed by atoms with E-state index in [2.05, 4.69) is 0 Å². The summed E-state index contributed by atoms with van der Waals surface area (Å²) in [5.74, 6) is -0.993. The normalized spacial score (nSPS) is 20.5. The van der Waals surface area contributed by atoms with Gasteiger partial charge in [0, 0.05) is 12.0 Å². The lowest BCUT2D eigenvalue weighted by Crippen LogP contribution is -2.67. The highest BCUT2D eigenvalue weighted by atomic mass is 16.6. The Morgan fingerprint density at radius 1 is 1.37 bits per heavy atom. The number of ether oxygens (including phenoxy) is 1. The molecule has 0 spiro atoms. The second kappa shape index (κ2) is 4.91. The zero-order valence-corrected chi connectivity index (χ0v) is 11.0. The van der Waals surface area contributed by atoms with Crippen LogP contribution in [0.15, 0.2) is 30.3 Å². The minimum Gasteiger partial charge on any atom is -0.480 e. The number of rotatable bonds is 3. The zero-order valence-electron chi connectivity index (χ0n) is 11.0. The minimum atomic E-state index is -0.993. The first-order chi connectivity index (χ1) is 8.92. The summed E-state index contributed by atoms with van der Waals surface area (Å²) in [6.07, 6.45) is -0.574. The summed E-state index contributed by atoms with van der Waals surface area (Å²) in [7, 11) is 0. The second-order valence-electron chi connectivity index (χ2n) is 5.40. The van der Waals surface area contributed by atoms with Gasteiger partial charge in [0.2, 0.25) is 0 Å². The van der Waals surface area contributed by atoms with Crippen molar-refractivity contribution >= 4 is 12.1 Å². The van der Waals surface area contributed by atoms with Crippen LogP contribution in [0.1, 0.15) is 19.4 Å². The Labute approximate surface area is 111 Å². The van der Waals surface area contributed by atoms with Gasteiger partial charge in [-0.15, -0.1) is 0 Å². The molecule has 1 aromatic rings. The van der Waals surface area contributed by atoms with Gasteiger partial charge in [0.05, 0.1) is 0 Å². The van der Waals surface area contributed by atoms with Gasteiger partial charge in [0.15, 0.2) is 0 Å². The van der Waals surface area contributed by atoms with Crippen LogP contribution in [0.5, 0.6) is 0 Å². The predicted octanol–water partition coefficient (Wildman–Crippen LogP) is 2.12. The van der Waals surface area contributed by atoms with Crippen molar-refractivity contribution in [2.75, 3.05) is 6.54 Å². The molecule has 1 aromatic carbocycles. The Kier molecular flexibility index (Phi) is 3.46. The average Bonchev–Trinajstić information content (AvgIpc) is 2.34. The fraction of sp³-hybridized carbons (Fsp3) is 0.429. The van der Waals surface area contributed by atoms with E-state index in [-0.39, 0.29) is 6.61 Å². The molecule has 0 saturated carbocycles. The molecule has 1 heterocycles. The molecule has 0 aliphatic carbocycles. The molecule has 0 bridgehead atoms. The maximum atomic E-state index is 11.8. The van der Waals surface area contributed by atoms with Gasteiger partial charge in [-0.2, -0.15) is 0 Å². The van der Waals surface area contributed by atoms with Crippen molar-refractivity contribution in [2.45, 2.75) is 26.5 Å². The Hall–Kier alpha value is -2.04. The molecule has 2 rings (SSSR count). The van der Waals surface area contributed by atoms with E-state index in [0.29, 0.717) is 6.54 Å². The van der Waals surface area contributed by atoms with Crippen molar-refractivity contribution in [3.63, 3.8) is 0 Å². The Morgan fingerprint density at radius 3 is 2.53 bits per heavy atom. The van der Waals surface area contributed by atoms with Crippen molar-refractivity contribution in [3.8, 4) is 0 Å². The molecule has 0 radical (unpaired) electrons. The van der Waals surface area contributed by atoms with E-state index < -0.39 is 23.5 Å². The molecule has 5 heteroatoms. The molecule has 5 nitrogen and oxygen atoms in total. The van der Waals surface area contributed by atoms with Crippen LogP contribution in [-0.4, -0.2) is 34.7 Å². The minimum absolute atomic E-state index is 0.156. The number of likely N-dealkylation sites (tertiary alicyclic amines) is 1. The first kappa shape index (κ1) is 13.4. The summed E-state index contributed by atoms with van der Waals surface area (Å²) in [4.78, 5) is 24.2. The summed E-state index contributed by atoms with van der Waals surface area (Å²) in [5.41, 5.74) is 0.472. The van der Waals surface area contributed by atoms with Crippen LogP contribution in [0.25, 0.3) is 0 Å². The highest BCUT2D eigenvalue weighted by Crippen LogP contribution is 2.37. The third-order valence-electron chi connectivity index (χ3n) is 3.30. The van der Waals surface area contributed by atoms with Crippen LogP contribution in [0, 0.1) is 5.41 Å². The van der Waals surface area contributed by atoms with Crippen molar-refractivity contribution in [1.82, 2.24) is 4.90 Å². The summed E-state index contributed by atoms with van der Waals surface area (Å²) < 4.78 is 5.13. The zero-order chi connectivity index (χ0) is 14.0. The van der Waals surface area contributed by atoms with Crippen LogP contribution < -0.4 is 0 Å². The molecule has 0 aromatic heterocycles. The second-order valence-corrected chi connectivity index (χ2v) is 5.40. The molecule has 1 aliphatic rings. The fourth-order valence-corrected chi connectivity index (χ4v) is 2.37. The van der Waals surface area contributed by atoms with Gasteiger partial charge < -0.3 is 9.84 Å². The quantitative estimate of drug-likeness (QED) is 0.907. The smallest absolute Gasteiger partial charge is 0.410 e. The van der Waals surface area contributed by atoms with E-state index in [9.17, 15) is 9.59 Å².